The minimum Gasteiger partial charge on any atom is -0.508 e. The highest BCUT2D eigenvalue weighted by Crippen LogP contribution is 2.33. The number of nitrogens with zero attached hydrogens (tertiary/aromatic N) is 2. The van der Waals surface area contributed by atoms with Crippen LogP contribution in [-0.2, 0) is 11.2 Å². The van der Waals surface area contributed by atoms with E-state index in [-0.39, 0.29) is 34.9 Å². The van der Waals surface area contributed by atoms with E-state index in [9.17, 15) is 25.1 Å². The number of amides is 1. The summed E-state index contributed by atoms with van der Waals surface area (Å²) in [6.45, 7) is 0. The Balaban J connectivity index is 2.09. The number of aromatic hydroxyl groups is 2. The third kappa shape index (κ3) is 4.67. The Morgan fingerprint density at radius 2 is 2.12 bits per heavy atom. The molecule has 0 radical (unpaired) electrons. The molecular weight excluding hydrogens is 330 g/mol. The second kappa shape index (κ2) is 7.77. The topological polar surface area (TPSA) is 134 Å². The van der Waals surface area contributed by atoms with Crippen molar-refractivity contribution in [3.63, 3.8) is 0 Å². The van der Waals surface area contributed by atoms with E-state index in [0.29, 0.717) is 5.56 Å². The first-order valence-electron chi connectivity index (χ1n) is 7.06. The Morgan fingerprint density at radius 3 is 2.76 bits per heavy atom. The summed E-state index contributed by atoms with van der Waals surface area (Å²) in [6.07, 6.45) is 1.06. The molecule has 3 N–H and O–H groups in total. The molecule has 130 valence electrons. The summed E-state index contributed by atoms with van der Waals surface area (Å²) in [7, 11) is 1.26. The monoisotopic (exact) mass is 345 g/mol. The van der Waals surface area contributed by atoms with Crippen molar-refractivity contribution in [1.29, 1.82) is 0 Å². The lowest BCUT2D eigenvalue weighted by Crippen LogP contribution is -2.19. The van der Waals surface area contributed by atoms with E-state index in [4.69, 9.17) is 4.74 Å². The van der Waals surface area contributed by atoms with E-state index in [1.165, 1.54) is 19.2 Å². The molecule has 25 heavy (non-hydrogen) atoms. The highest BCUT2D eigenvalue weighted by molar-refractivity contribution is 5.87. The van der Waals surface area contributed by atoms with Crippen LogP contribution in [0.1, 0.15) is 11.1 Å². The SMILES string of the molecule is COc1cc([N+](=O)[O-])cc(/C=N/NC(=O)Cc2cccc(O)c2)c1O. The standard InChI is InChI=1S/C16H15N3O6/c1-25-14-8-12(19(23)24)7-11(16(14)22)9-17-18-15(21)6-10-3-2-4-13(20)5-10/h2-5,7-9,20,22H,6H2,1H3,(H,18,21)/b17-9+. The first-order chi connectivity index (χ1) is 11.9. The van der Waals surface area contributed by atoms with Crippen LogP contribution in [-0.4, -0.2) is 34.4 Å². The van der Waals surface area contributed by atoms with Crippen LogP contribution in [0, 0.1) is 10.1 Å². The van der Waals surface area contributed by atoms with Crippen LogP contribution in [0.5, 0.6) is 17.2 Å². The number of methoxy groups -OCH3 is 1. The zero-order valence-electron chi connectivity index (χ0n) is 13.2. The van der Waals surface area contributed by atoms with Crippen LogP contribution >= 0.6 is 0 Å². The van der Waals surface area contributed by atoms with Crippen molar-refractivity contribution >= 4 is 17.8 Å². The molecule has 2 rings (SSSR count). The Morgan fingerprint density at radius 1 is 1.36 bits per heavy atom. The molecule has 0 saturated carbocycles. The fraction of sp³-hybridized carbons (Fsp3) is 0.125. The fourth-order valence-electron chi connectivity index (χ4n) is 2.04. The van der Waals surface area contributed by atoms with E-state index in [0.717, 1.165) is 18.3 Å². The molecule has 0 aliphatic carbocycles. The van der Waals surface area contributed by atoms with Crippen molar-refractivity contribution in [3.05, 3.63) is 57.6 Å². The number of non-ortho nitro benzene ring substituents is 1. The number of nitrogens with one attached hydrogen (secondary N) is 1. The molecule has 0 unspecified atom stereocenters. The number of nitro groups is 1. The Bertz CT molecular complexity index is 835. The number of carbonyl (C=O) groups excluding carboxylic acids is 1. The van der Waals surface area contributed by atoms with Gasteiger partial charge in [0.15, 0.2) is 11.5 Å². The zero-order valence-corrected chi connectivity index (χ0v) is 13.2. The molecule has 0 saturated heterocycles. The van der Waals surface area contributed by atoms with Gasteiger partial charge in [-0.3, -0.25) is 14.9 Å². The third-order valence-corrected chi connectivity index (χ3v) is 3.19. The summed E-state index contributed by atoms with van der Waals surface area (Å²) in [5, 5.41) is 33.8. The van der Waals surface area contributed by atoms with E-state index in [1.807, 2.05) is 0 Å². The van der Waals surface area contributed by atoms with Crippen molar-refractivity contribution in [2.45, 2.75) is 6.42 Å². The second-order valence-electron chi connectivity index (χ2n) is 4.98. The van der Waals surface area contributed by atoms with Crippen LogP contribution in [0.2, 0.25) is 0 Å². The number of carbonyl (C=O) groups is 1. The number of hydrogen-bond acceptors (Lipinski definition) is 7. The van der Waals surface area contributed by atoms with Gasteiger partial charge < -0.3 is 14.9 Å². The van der Waals surface area contributed by atoms with Gasteiger partial charge >= 0.3 is 0 Å². The first-order valence-corrected chi connectivity index (χ1v) is 7.06. The summed E-state index contributed by atoms with van der Waals surface area (Å²) >= 11 is 0. The van der Waals surface area contributed by atoms with Crippen LogP contribution in [0.3, 0.4) is 0 Å². The molecular formula is C16H15N3O6. The third-order valence-electron chi connectivity index (χ3n) is 3.19. The van der Waals surface area contributed by atoms with Gasteiger partial charge in [-0.2, -0.15) is 5.10 Å². The number of phenolic OH excluding ortho intramolecular Hbond substituents is 2. The van der Waals surface area contributed by atoms with Crippen LogP contribution < -0.4 is 10.2 Å². The molecule has 0 spiro atoms. The van der Waals surface area contributed by atoms with Gasteiger partial charge in [0.2, 0.25) is 5.91 Å². The number of rotatable bonds is 6. The molecule has 0 atom stereocenters. The van der Waals surface area contributed by atoms with Gasteiger partial charge in [0.1, 0.15) is 5.75 Å². The maximum Gasteiger partial charge on any atom is 0.274 e. The number of nitro benzene ring substituents is 1. The number of benzene rings is 2. The molecule has 0 bridgehead atoms. The largest absolute Gasteiger partial charge is 0.508 e. The lowest BCUT2D eigenvalue weighted by atomic mass is 10.1. The molecule has 0 aliphatic rings. The van der Waals surface area contributed by atoms with Gasteiger partial charge in [-0.25, -0.2) is 5.43 Å². The molecule has 2 aromatic carbocycles. The quantitative estimate of drug-likeness (QED) is 0.414. The predicted molar refractivity (Wildman–Crippen MR) is 88.9 cm³/mol. The minimum atomic E-state index is -0.639. The molecule has 2 aromatic rings. The van der Waals surface area contributed by atoms with E-state index in [1.54, 1.807) is 12.1 Å². The fourth-order valence-corrected chi connectivity index (χ4v) is 2.04. The van der Waals surface area contributed by atoms with Crippen molar-refractivity contribution < 1.29 is 24.7 Å². The molecule has 0 fully saturated rings. The lowest BCUT2D eigenvalue weighted by molar-refractivity contribution is -0.385. The van der Waals surface area contributed by atoms with Gasteiger partial charge in [0.05, 0.1) is 30.7 Å². The molecule has 9 nitrogen and oxygen atoms in total. The summed E-state index contributed by atoms with van der Waals surface area (Å²) in [6, 6.07) is 8.38. The highest BCUT2D eigenvalue weighted by atomic mass is 16.6. The van der Waals surface area contributed by atoms with Gasteiger partial charge in [-0.1, -0.05) is 12.1 Å². The van der Waals surface area contributed by atoms with Crippen LogP contribution in [0.4, 0.5) is 5.69 Å². The zero-order chi connectivity index (χ0) is 18.4. The number of hydrazone groups is 1. The van der Waals surface area contributed by atoms with Gasteiger partial charge in [0, 0.05) is 11.6 Å². The van der Waals surface area contributed by atoms with Crippen molar-refractivity contribution in [2.75, 3.05) is 7.11 Å². The van der Waals surface area contributed by atoms with Crippen molar-refractivity contribution in [2.24, 2.45) is 5.10 Å². The predicted octanol–water partition coefficient (Wildman–Crippen LogP) is 1.71. The maximum absolute atomic E-state index is 11.8. The summed E-state index contributed by atoms with van der Waals surface area (Å²) in [5.74, 6) is -0.832. The average molecular weight is 345 g/mol. The number of ether oxygens (including phenoxy) is 1. The Hall–Kier alpha value is -3.62. The van der Waals surface area contributed by atoms with E-state index >= 15 is 0 Å². The van der Waals surface area contributed by atoms with Gasteiger partial charge in [-0.05, 0) is 17.7 Å². The smallest absolute Gasteiger partial charge is 0.274 e. The molecule has 0 heterocycles. The maximum atomic E-state index is 11.8. The second-order valence-corrected chi connectivity index (χ2v) is 4.98. The summed E-state index contributed by atoms with van der Waals surface area (Å²) < 4.78 is 4.87. The highest BCUT2D eigenvalue weighted by Gasteiger charge is 2.15. The minimum absolute atomic E-state index is 0.0173. The van der Waals surface area contributed by atoms with E-state index in [2.05, 4.69) is 10.5 Å². The Kier molecular flexibility index (Phi) is 5.51. The van der Waals surface area contributed by atoms with Crippen LogP contribution in [0.15, 0.2) is 41.5 Å². The molecule has 1 amide bonds. The molecule has 0 aromatic heterocycles. The Labute approximate surface area is 142 Å². The van der Waals surface area contributed by atoms with Gasteiger partial charge in [0.25, 0.3) is 5.69 Å². The normalized spacial score (nSPS) is 10.6. The van der Waals surface area contributed by atoms with Gasteiger partial charge in [-0.15, -0.1) is 0 Å². The van der Waals surface area contributed by atoms with Crippen molar-refractivity contribution in [3.8, 4) is 17.2 Å². The number of hydrogen-bond donors (Lipinski definition) is 3. The number of phenols is 2. The first kappa shape index (κ1) is 17.7. The lowest BCUT2D eigenvalue weighted by Gasteiger charge is -2.06. The molecule has 0 aliphatic heterocycles. The summed E-state index contributed by atoms with van der Waals surface area (Å²) in [5.41, 5.74) is 2.56. The van der Waals surface area contributed by atoms with Crippen LogP contribution in [0.25, 0.3) is 0 Å². The van der Waals surface area contributed by atoms with E-state index < -0.39 is 10.8 Å². The molecule has 9 heteroatoms. The average Bonchev–Trinajstić information content (AvgIpc) is 2.56. The van der Waals surface area contributed by atoms with Crippen molar-refractivity contribution in [1.82, 2.24) is 5.43 Å². The summed E-state index contributed by atoms with van der Waals surface area (Å²) in [4.78, 5) is 22.0.